The maximum absolute atomic E-state index is 6.58. The molecule has 0 bridgehead atoms. The number of nitrogens with zero attached hydrogens (tertiary/aromatic N) is 3. The summed E-state index contributed by atoms with van der Waals surface area (Å²) < 4.78 is 8.91. The predicted molar refractivity (Wildman–Crippen MR) is 190 cm³/mol. The highest BCUT2D eigenvalue weighted by atomic mass is 16.3. The Kier molecular flexibility index (Phi) is 5.25. The molecule has 0 saturated carbocycles. The Morgan fingerprint density at radius 3 is 1.98 bits per heavy atom. The van der Waals surface area contributed by atoms with E-state index in [2.05, 4.69) is 114 Å². The first-order valence-electron chi connectivity index (χ1n) is 15.5. The number of benzene rings is 7. The largest absolute Gasteiger partial charge is 0.455 e. The van der Waals surface area contributed by atoms with Crippen molar-refractivity contribution in [2.75, 3.05) is 0 Å². The van der Waals surface area contributed by atoms with E-state index in [9.17, 15) is 0 Å². The van der Waals surface area contributed by atoms with E-state index in [-0.39, 0.29) is 0 Å². The molecule has 0 spiro atoms. The minimum atomic E-state index is 0.796. The van der Waals surface area contributed by atoms with E-state index < -0.39 is 0 Å². The smallest absolute Gasteiger partial charge is 0.165 e. The van der Waals surface area contributed by atoms with Crippen molar-refractivity contribution in [1.82, 2.24) is 14.5 Å². The molecule has 0 radical (unpaired) electrons. The second-order valence-corrected chi connectivity index (χ2v) is 11.8. The fraction of sp³-hybridized carbons (Fsp3) is 0. The normalized spacial score (nSPS) is 11.9. The molecule has 3 heterocycles. The van der Waals surface area contributed by atoms with Gasteiger partial charge in [-0.2, -0.15) is 0 Å². The van der Waals surface area contributed by atoms with Gasteiger partial charge in [0.05, 0.1) is 22.1 Å². The first-order valence-corrected chi connectivity index (χ1v) is 15.5. The van der Waals surface area contributed by atoms with Crippen molar-refractivity contribution in [3.63, 3.8) is 0 Å². The van der Waals surface area contributed by atoms with Crippen molar-refractivity contribution >= 4 is 65.6 Å². The van der Waals surface area contributed by atoms with E-state index in [0.29, 0.717) is 0 Å². The Bertz CT molecular complexity index is 2810. The molecule has 0 unspecified atom stereocenters. The Labute approximate surface area is 263 Å². The maximum atomic E-state index is 6.58. The van der Waals surface area contributed by atoms with Gasteiger partial charge in [-0.15, -0.1) is 0 Å². The van der Waals surface area contributed by atoms with Gasteiger partial charge in [-0.3, -0.25) is 4.57 Å². The van der Waals surface area contributed by atoms with Gasteiger partial charge in [0.15, 0.2) is 5.82 Å². The van der Waals surface area contributed by atoms with Crippen LogP contribution in [0, 0.1) is 0 Å². The second kappa shape index (κ2) is 9.62. The summed E-state index contributed by atoms with van der Waals surface area (Å²) in [4.78, 5) is 10.6. The lowest BCUT2D eigenvalue weighted by molar-refractivity contribution is 0.670. The molecule has 0 atom stereocenters. The molecule has 4 heteroatoms. The summed E-state index contributed by atoms with van der Waals surface area (Å²) in [6.45, 7) is 0. The SMILES string of the molecule is c1ccc(-c2nc3ccccc3nc2-n2c3cc4ccccc4cc3c3cccc(-c4cccc5c4oc4ccccc45)c32)cc1. The Morgan fingerprint density at radius 1 is 0.478 bits per heavy atom. The lowest BCUT2D eigenvalue weighted by atomic mass is 9.99. The van der Waals surface area contributed by atoms with E-state index in [1.807, 2.05) is 42.5 Å². The molecule has 46 heavy (non-hydrogen) atoms. The van der Waals surface area contributed by atoms with E-state index >= 15 is 0 Å². The number of fused-ring (bicyclic) bond motifs is 8. The Balaban J connectivity index is 1.41. The number of hydrogen-bond acceptors (Lipinski definition) is 3. The van der Waals surface area contributed by atoms with Crippen LogP contribution in [0.4, 0.5) is 0 Å². The first kappa shape index (κ1) is 25.1. The summed E-state index contributed by atoms with van der Waals surface area (Å²) >= 11 is 0. The van der Waals surface area contributed by atoms with Crippen LogP contribution in [0.15, 0.2) is 156 Å². The molecule has 0 fully saturated rings. The molecular formula is C42H25N3O. The minimum absolute atomic E-state index is 0.796. The van der Waals surface area contributed by atoms with Crippen LogP contribution < -0.4 is 0 Å². The Hall–Kier alpha value is -6.26. The third-order valence-electron chi connectivity index (χ3n) is 9.16. The topological polar surface area (TPSA) is 43.9 Å². The van der Waals surface area contributed by atoms with Crippen LogP contribution in [0.1, 0.15) is 0 Å². The zero-order chi connectivity index (χ0) is 30.2. The molecule has 0 N–H and O–H groups in total. The number of hydrogen-bond donors (Lipinski definition) is 0. The molecule has 3 aromatic heterocycles. The number of furan rings is 1. The molecule has 4 nitrogen and oxygen atoms in total. The zero-order valence-electron chi connectivity index (χ0n) is 24.7. The van der Waals surface area contributed by atoms with Crippen LogP contribution in [0.2, 0.25) is 0 Å². The van der Waals surface area contributed by atoms with E-state index in [0.717, 1.165) is 77.6 Å². The molecule has 10 rings (SSSR count). The van der Waals surface area contributed by atoms with Crippen LogP contribution in [0.3, 0.4) is 0 Å². The first-order chi connectivity index (χ1) is 22.8. The average Bonchev–Trinajstić information content (AvgIpc) is 3.66. The molecule has 214 valence electrons. The van der Waals surface area contributed by atoms with Gasteiger partial charge in [-0.25, -0.2) is 9.97 Å². The molecule has 0 aliphatic heterocycles. The fourth-order valence-electron chi connectivity index (χ4n) is 7.08. The predicted octanol–water partition coefficient (Wildman–Crippen LogP) is 11.1. The molecule has 0 aliphatic rings. The standard InChI is InChI=1S/C42H25N3O/c1-2-12-26(13-3-1)39-42(44-36-22-8-7-21-35(36)43-39)45-37-25-28-15-5-4-14-27(28)24-34(37)31-18-10-17-30(40(31)45)33-20-11-19-32-29-16-6-9-23-38(29)46-41(32)33/h1-25H. The van der Waals surface area contributed by atoms with Gasteiger partial charge in [0.1, 0.15) is 16.9 Å². The van der Waals surface area contributed by atoms with Gasteiger partial charge in [-0.05, 0) is 41.1 Å². The molecule has 10 aromatic rings. The minimum Gasteiger partial charge on any atom is -0.455 e. The Morgan fingerprint density at radius 2 is 1.13 bits per heavy atom. The lowest BCUT2D eigenvalue weighted by Gasteiger charge is -2.15. The summed E-state index contributed by atoms with van der Waals surface area (Å²) in [5.41, 5.74) is 9.61. The number of aromatic nitrogens is 3. The van der Waals surface area contributed by atoms with Gasteiger partial charge in [0, 0.05) is 38.2 Å². The molecule has 7 aromatic carbocycles. The molecule has 0 amide bonds. The molecular weight excluding hydrogens is 562 g/mol. The highest BCUT2D eigenvalue weighted by Crippen LogP contribution is 2.44. The van der Waals surface area contributed by atoms with Crippen molar-refractivity contribution in [3.8, 4) is 28.2 Å². The third kappa shape index (κ3) is 3.61. The van der Waals surface area contributed by atoms with E-state index in [4.69, 9.17) is 14.4 Å². The second-order valence-electron chi connectivity index (χ2n) is 11.8. The van der Waals surface area contributed by atoms with Crippen LogP contribution in [0.5, 0.6) is 0 Å². The van der Waals surface area contributed by atoms with Crippen molar-refractivity contribution in [3.05, 3.63) is 152 Å². The fourth-order valence-corrected chi connectivity index (χ4v) is 7.08. The highest BCUT2D eigenvalue weighted by Gasteiger charge is 2.23. The van der Waals surface area contributed by atoms with E-state index in [1.54, 1.807) is 0 Å². The summed E-state index contributed by atoms with van der Waals surface area (Å²) in [6, 6.07) is 53.0. The zero-order valence-corrected chi connectivity index (χ0v) is 24.7. The summed E-state index contributed by atoms with van der Waals surface area (Å²) in [5, 5.41) is 6.92. The van der Waals surface area contributed by atoms with Crippen molar-refractivity contribution in [2.24, 2.45) is 0 Å². The van der Waals surface area contributed by atoms with Gasteiger partial charge >= 0.3 is 0 Å². The van der Waals surface area contributed by atoms with Gasteiger partial charge < -0.3 is 4.42 Å². The quantitative estimate of drug-likeness (QED) is 0.207. The van der Waals surface area contributed by atoms with E-state index in [1.165, 1.54) is 16.2 Å². The molecule has 0 saturated heterocycles. The maximum Gasteiger partial charge on any atom is 0.165 e. The van der Waals surface area contributed by atoms with Gasteiger partial charge in [0.2, 0.25) is 0 Å². The lowest BCUT2D eigenvalue weighted by Crippen LogP contribution is -2.04. The summed E-state index contributed by atoms with van der Waals surface area (Å²) in [6.07, 6.45) is 0. The van der Waals surface area contributed by atoms with Gasteiger partial charge in [-0.1, -0.05) is 121 Å². The summed E-state index contributed by atoms with van der Waals surface area (Å²) in [5.74, 6) is 0.796. The van der Waals surface area contributed by atoms with Gasteiger partial charge in [0.25, 0.3) is 0 Å². The van der Waals surface area contributed by atoms with Crippen LogP contribution in [-0.4, -0.2) is 14.5 Å². The number of para-hydroxylation sites is 5. The van der Waals surface area contributed by atoms with Crippen LogP contribution >= 0.6 is 0 Å². The average molecular weight is 588 g/mol. The van der Waals surface area contributed by atoms with Crippen LogP contribution in [-0.2, 0) is 0 Å². The number of rotatable bonds is 3. The summed E-state index contributed by atoms with van der Waals surface area (Å²) in [7, 11) is 0. The van der Waals surface area contributed by atoms with Crippen molar-refractivity contribution in [1.29, 1.82) is 0 Å². The highest BCUT2D eigenvalue weighted by molar-refractivity contribution is 6.19. The molecule has 0 aliphatic carbocycles. The monoisotopic (exact) mass is 587 g/mol. The van der Waals surface area contributed by atoms with Crippen molar-refractivity contribution < 1.29 is 4.42 Å². The van der Waals surface area contributed by atoms with Crippen LogP contribution in [0.25, 0.3) is 93.8 Å². The third-order valence-corrected chi connectivity index (χ3v) is 9.16. The van der Waals surface area contributed by atoms with Crippen molar-refractivity contribution in [2.45, 2.75) is 0 Å².